The van der Waals surface area contributed by atoms with E-state index in [1.54, 1.807) is 0 Å². The van der Waals surface area contributed by atoms with Gasteiger partial charge in [-0.1, -0.05) is 29.8 Å². The maximum Gasteiger partial charge on any atom is 0.235 e. The van der Waals surface area contributed by atoms with Crippen molar-refractivity contribution in [2.75, 3.05) is 6.54 Å². The number of hydrogen-bond acceptors (Lipinski definition) is 2. The molecule has 2 nitrogen and oxygen atoms in total. The Morgan fingerprint density at radius 1 is 1.75 bits per heavy atom. The second-order valence-corrected chi connectivity index (χ2v) is 2.67. The van der Waals surface area contributed by atoms with Gasteiger partial charge in [0.05, 0.1) is 6.54 Å². The summed E-state index contributed by atoms with van der Waals surface area (Å²) in [5.41, 5.74) is 3.65. The molecule has 0 aromatic heterocycles. The Bertz CT molecular complexity index is 296. The zero-order valence-electron chi connectivity index (χ0n) is 6.46. The minimum Gasteiger partial charge on any atom is -0.211 e. The van der Waals surface area contributed by atoms with E-state index in [0.717, 1.165) is 17.6 Å². The third-order valence-corrected chi connectivity index (χ3v) is 1.84. The molecule has 0 spiro atoms. The van der Waals surface area contributed by atoms with Gasteiger partial charge in [0.1, 0.15) is 0 Å². The normalized spacial score (nSPS) is 18.8. The molecule has 0 heterocycles. The van der Waals surface area contributed by atoms with Gasteiger partial charge in [-0.15, -0.1) is 0 Å². The first kappa shape index (κ1) is 8.98. The number of halogens is 1. The largest absolute Gasteiger partial charge is 0.235 e. The van der Waals surface area contributed by atoms with Gasteiger partial charge in [-0.05, 0) is 17.6 Å². The second kappa shape index (κ2) is 4.70. The van der Waals surface area contributed by atoms with E-state index < -0.39 is 0 Å². The maximum absolute atomic E-state index is 9.82. The summed E-state index contributed by atoms with van der Waals surface area (Å²) in [4.78, 5) is 13.3. The van der Waals surface area contributed by atoms with Crippen molar-refractivity contribution >= 4 is 17.7 Å². The van der Waals surface area contributed by atoms with E-state index in [0.29, 0.717) is 6.54 Å². The molecule has 0 aromatic carbocycles. The SMILES string of the molecule is O=C=NCC1=CC=CC(=CCl)C1. The fourth-order valence-corrected chi connectivity index (χ4v) is 1.16. The van der Waals surface area contributed by atoms with Crippen molar-refractivity contribution in [2.45, 2.75) is 6.42 Å². The van der Waals surface area contributed by atoms with Crippen LogP contribution in [-0.2, 0) is 4.79 Å². The van der Waals surface area contributed by atoms with Crippen LogP contribution in [0.5, 0.6) is 0 Å². The predicted molar refractivity (Wildman–Crippen MR) is 48.8 cm³/mol. The number of hydrogen-bond donors (Lipinski definition) is 0. The molecule has 3 heteroatoms. The topological polar surface area (TPSA) is 29.4 Å². The van der Waals surface area contributed by atoms with Gasteiger partial charge in [-0.25, -0.2) is 9.79 Å². The van der Waals surface area contributed by atoms with E-state index in [1.807, 2.05) is 18.2 Å². The van der Waals surface area contributed by atoms with Crippen LogP contribution in [0, 0.1) is 0 Å². The lowest BCUT2D eigenvalue weighted by atomic mass is 10.0. The van der Waals surface area contributed by atoms with E-state index in [-0.39, 0.29) is 0 Å². The summed E-state index contributed by atoms with van der Waals surface area (Å²) >= 11 is 5.53. The minimum absolute atomic E-state index is 0.419. The zero-order valence-corrected chi connectivity index (χ0v) is 7.21. The van der Waals surface area contributed by atoms with Crippen molar-refractivity contribution in [2.24, 2.45) is 4.99 Å². The van der Waals surface area contributed by atoms with Crippen molar-refractivity contribution < 1.29 is 4.79 Å². The quantitative estimate of drug-likeness (QED) is 0.475. The molecule has 0 bridgehead atoms. The van der Waals surface area contributed by atoms with E-state index >= 15 is 0 Å². The fourth-order valence-electron chi connectivity index (χ4n) is 1.01. The first-order chi connectivity index (χ1) is 5.86. The van der Waals surface area contributed by atoms with Crippen LogP contribution in [-0.4, -0.2) is 12.6 Å². The van der Waals surface area contributed by atoms with Gasteiger partial charge in [0, 0.05) is 5.54 Å². The Kier molecular flexibility index (Phi) is 3.52. The molecule has 0 fully saturated rings. The molecule has 1 aliphatic carbocycles. The highest BCUT2D eigenvalue weighted by Crippen LogP contribution is 2.18. The van der Waals surface area contributed by atoms with Crippen LogP contribution in [0.3, 0.4) is 0 Å². The summed E-state index contributed by atoms with van der Waals surface area (Å²) < 4.78 is 0. The predicted octanol–water partition coefficient (Wildman–Crippen LogP) is 2.33. The lowest BCUT2D eigenvalue weighted by Crippen LogP contribution is -1.93. The maximum atomic E-state index is 9.82. The number of nitrogens with zero attached hydrogens (tertiary/aromatic N) is 1. The number of rotatable bonds is 2. The molecule has 0 saturated heterocycles. The molecule has 0 radical (unpaired) electrons. The van der Waals surface area contributed by atoms with Gasteiger partial charge in [0.25, 0.3) is 0 Å². The van der Waals surface area contributed by atoms with Gasteiger partial charge in [-0.2, -0.15) is 0 Å². The van der Waals surface area contributed by atoms with E-state index in [9.17, 15) is 4.79 Å². The van der Waals surface area contributed by atoms with E-state index in [2.05, 4.69) is 4.99 Å². The Morgan fingerprint density at radius 3 is 3.25 bits per heavy atom. The molecule has 0 aliphatic heterocycles. The van der Waals surface area contributed by atoms with Gasteiger partial charge < -0.3 is 0 Å². The molecule has 0 saturated carbocycles. The lowest BCUT2D eigenvalue weighted by Gasteiger charge is -2.07. The zero-order chi connectivity index (χ0) is 8.81. The second-order valence-electron chi connectivity index (χ2n) is 2.45. The fraction of sp³-hybridized carbons (Fsp3) is 0.222. The number of allylic oxidation sites excluding steroid dienone is 4. The first-order valence-corrected chi connectivity index (χ1v) is 3.99. The summed E-state index contributed by atoms with van der Waals surface area (Å²) in [5, 5.41) is 0. The van der Waals surface area contributed by atoms with Gasteiger partial charge in [0.2, 0.25) is 6.08 Å². The molecule has 12 heavy (non-hydrogen) atoms. The smallest absolute Gasteiger partial charge is 0.211 e. The van der Waals surface area contributed by atoms with Crippen LogP contribution in [0.15, 0.2) is 39.9 Å². The lowest BCUT2D eigenvalue weighted by molar-refractivity contribution is 0.563. The van der Waals surface area contributed by atoms with Gasteiger partial charge in [-0.3, -0.25) is 0 Å². The standard InChI is InChI=1S/C9H8ClNO/c10-5-8-2-1-3-9(4-8)6-11-7-12/h1-3,5H,4,6H2. The highest BCUT2D eigenvalue weighted by Gasteiger charge is 2.02. The number of isocyanates is 1. The summed E-state index contributed by atoms with van der Waals surface area (Å²) in [6.07, 6.45) is 8.04. The Labute approximate surface area is 75.9 Å². The van der Waals surface area contributed by atoms with Crippen LogP contribution in [0.1, 0.15) is 6.42 Å². The van der Waals surface area contributed by atoms with Gasteiger partial charge in [0.15, 0.2) is 0 Å². The summed E-state index contributed by atoms with van der Waals surface area (Å²) in [6.45, 7) is 0.419. The first-order valence-electron chi connectivity index (χ1n) is 3.56. The van der Waals surface area contributed by atoms with Crippen molar-refractivity contribution in [3.63, 3.8) is 0 Å². The summed E-state index contributed by atoms with van der Waals surface area (Å²) in [7, 11) is 0. The van der Waals surface area contributed by atoms with Crippen molar-refractivity contribution in [3.8, 4) is 0 Å². The molecule has 1 aliphatic rings. The van der Waals surface area contributed by atoms with Crippen LogP contribution in [0.2, 0.25) is 0 Å². The number of aliphatic imine (C=N–C) groups is 1. The minimum atomic E-state index is 0.419. The molecular weight excluding hydrogens is 174 g/mol. The van der Waals surface area contributed by atoms with E-state index in [1.165, 1.54) is 11.6 Å². The summed E-state index contributed by atoms with van der Waals surface area (Å²) in [5.74, 6) is 0. The Hall–Kier alpha value is -1.11. The Morgan fingerprint density at radius 2 is 2.58 bits per heavy atom. The molecule has 0 atom stereocenters. The van der Waals surface area contributed by atoms with Crippen molar-refractivity contribution in [1.29, 1.82) is 0 Å². The van der Waals surface area contributed by atoms with Crippen LogP contribution in [0.4, 0.5) is 0 Å². The van der Waals surface area contributed by atoms with Crippen LogP contribution < -0.4 is 0 Å². The molecule has 1 rings (SSSR count). The Balaban J connectivity index is 2.63. The highest BCUT2D eigenvalue weighted by atomic mass is 35.5. The average Bonchev–Trinajstić information content (AvgIpc) is 2.15. The monoisotopic (exact) mass is 181 g/mol. The number of carbonyl (C=O) groups excluding carboxylic acids is 1. The molecular formula is C9H8ClNO. The molecule has 0 aromatic rings. The van der Waals surface area contributed by atoms with Crippen molar-refractivity contribution in [3.05, 3.63) is 34.9 Å². The average molecular weight is 182 g/mol. The third-order valence-electron chi connectivity index (χ3n) is 1.56. The molecule has 0 N–H and O–H groups in total. The highest BCUT2D eigenvalue weighted by molar-refractivity contribution is 6.25. The van der Waals surface area contributed by atoms with Gasteiger partial charge >= 0.3 is 0 Å². The molecule has 0 unspecified atom stereocenters. The van der Waals surface area contributed by atoms with Crippen LogP contribution in [0.25, 0.3) is 0 Å². The molecule has 62 valence electrons. The van der Waals surface area contributed by atoms with E-state index in [4.69, 9.17) is 11.6 Å². The van der Waals surface area contributed by atoms with Crippen molar-refractivity contribution in [1.82, 2.24) is 0 Å². The summed E-state index contributed by atoms with van der Waals surface area (Å²) in [6, 6.07) is 0. The molecule has 0 amide bonds. The van der Waals surface area contributed by atoms with Crippen LogP contribution >= 0.6 is 11.6 Å². The third kappa shape index (κ3) is 2.50.